The van der Waals surface area contributed by atoms with Crippen LogP contribution in [0, 0.1) is 0 Å². The van der Waals surface area contributed by atoms with Gasteiger partial charge in [0.05, 0.1) is 6.26 Å². The lowest BCUT2D eigenvalue weighted by Gasteiger charge is -2.00. The number of hydrogen-bond donors (Lipinski definition) is 0. The van der Waals surface area contributed by atoms with Crippen LogP contribution in [0.3, 0.4) is 0 Å². The summed E-state index contributed by atoms with van der Waals surface area (Å²) in [6.45, 7) is 0.588. The zero-order valence-electron chi connectivity index (χ0n) is 8.81. The smallest absolute Gasteiger partial charge is 0.446 e. The highest BCUT2D eigenvalue weighted by molar-refractivity contribution is 8.07. The van der Waals surface area contributed by atoms with Gasteiger partial charge in [-0.1, -0.05) is 35.8 Å². The molecule has 0 aliphatic heterocycles. The maximum absolute atomic E-state index is 5.85. The molecule has 2 unspecified atom stereocenters. The molecule has 0 aromatic carbocycles. The number of halogens is 5. The van der Waals surface area contributed by atoms with Gasteiger partial charge < -0.3 is 4.52 Å². The van der Waals surface area contributed by atoms with Crippen LogP contribution >= 0.6 is 78.4 Å². The molecule has 0 aromatic heterocycles. The zero-order valence-corrected chi connectivity index (χ0v) is 15.3. The lowest BCUT2D eigenvalue weighted by Crippen LogP contribution is -1.80. The van der Waals surface area contributed by atoms with Crippen molar-refractivity contribution in [2.24, 2.45) is 4.52 Å². The molecule has 0 amide bonds. The highest BCUT2D eigenvalue weighted by Gasteiger charge is 2.31. The van der Waals surface area contributed by atoms with Crippen molar-refractivity contribution in [1.82, 2.24) is 3.96 Å². The molecule has 0 aliphatic carbocycles. The second-order valence-corrected chi connectivity index (χ2v) is 11.1. The summed E-state index contributed by atoms with van der Waals surface area (Å²) in [6.07, 6.45) is 6.61. The molecule has 3 nitrogen and oxygen atoms in total. The van der Waals surface area contributed by atoms with E-state index in [-0.39, 0.29) is 0 Å². The number of nitrogens with zero attached hydrogens (tertiary/aromatic N) is 2. The van der Waals surface area contributed by atoms with E-state index in [1.165, 1.54) is 6.26 Å². The summed E-state index contributed by atoms with van der Waals surface area (Å²) in [5.74, 6) is 0. The molecule has 0 saturated carbocycles. The highest BCUT2D eigenvalue weighted by atomic mass is 35.9. The average molecular weight is 397 g/mol. The monoisotopic (exact) mass is 395 g/mol. The van der Waals surface area contributed by atoms with E-state index in [1.807, 2.05) is 6.08 Å². The van der Waals surface area contributed by atoms with Crippen molar-refractivity contribution in [2.75, 3.05) is 0 Å². The third kappa shape index (κ3) is 10.4. The Kier molecular flexibility index (Phi) is 13.0. The summed E-state index contributed by atoms with van der Waals surface area (Å²) in [7, 11) is -3.07. The van der Waals surface area contributed by atoms with Gasteiger partial charge in [-0.3, -0.25) is 0 Å². The van der Waals surface area contributed by atoms with Gasteiger partial charge in [0.25, 0.3) is 0 Å². The molecule has 100 valence electrons. The van der Waals surface area contributed by atoms with Gasteiger partial charge in [0.2, 0.25) is 18.0 Å². The van der Waals surface area contributed by atoms with Crippen molar-refractivity contribution in [3.05, 3.63) is 12.3 Å². The Morgan fingerprint density at radius 3 is 2.59 bits per heavy atom. The molecule has 0 heterocycles. The summed E-state index contributed by atoms with van der Waals surface area (Å²) < 4.78 is 10.1. The van der Waals surface area contributed by atoms with Gasteiger partial charge in [-0.15, -0.1) is 0 Å². The number of allylic oxidation sites excluding steroid dienone is 1. The van der Waals surface area contributed by atoms with Crippen LogP contribution < -0.4 is 0 Å². The van der Waals surface area contributed by atoms with Crippen LogP contribution in [0.1, 0.15) is 26.2 Å². The minimum Gasteiger partial charge on any atom is -0.446 e. The molecular formula is C6H11Cl5N2OP3+. The van der Waals surface area contributed by atoms with Gasteiger partial charge >= 0.3 is 14.9 Å². The van der Waals surface area contributed by atoms with Crippen molar-refractivity contribution in [2.45, 2.75) is 26.2 Å². The third-order valence-electron chi connectivity index (χ3n) is 1.37. The lowest BCUT2D eigenvalue weighted by atomic mass is 10.2. The number of hydrogen-bond acceptors (Lipinski definition) is 2. The molecule has 0 saturated heterocycles. The third-order valence-corrected chi connectivity index (χ3v) is 9.73. The van der Waals surface area contributed by atoms with Crippen molar-refractivity contribution < 1.29 is 4.52 Å². The standard InChI is InChI=1S/C6H11Cl5N2OP3/c1-2-3-4-5-6-14-17(11)12-16(10)13(7)15(8)9/h5-6H,2-4H2,1H3/q+1. The molecule has 0 bridgehead atoms. The van der Waals surface area contributed by atoms with Crippen LogP contribution in [-0.2, 0) is 4.52 Å². The molecule has 0 rings (SSSR count). The largest absolute Gasteiger partial charge is 0.449 e. The van der Waals surface area contributed by atoms with Crippen molar-refractivity contribution >= 4 is 78.4 Å². The molecule has 0 spiro atoms. The van der Waals surface area contributed by atoms with Crippen LogP contribution in [0.4, 0.5) is 0 Å². The molecule has 17 heavy (non-hydrogen) atoms. The molecular weight excluding hydrogens is 386 g/mol. The molecule has 0 N–H and O–H groups in total. The average Bonchev–Trinajstić information content (AvgIpc) is 2.27. The Morgan fingerprint density at radius 1 is 1.41 bits per heavy atom. The molecule has 11 heteroatoms. The maximum atomic E-state index is 5.85. The SMILES string of the molecule is CCCCC=COP(Cl)N=[P+](Cl)N(Cl)P(Cl)Cl. The fraction of sp³-hybridized carbons (Fsp3) is 0.667. The predicted molar refractivity (Wildman–Crippen MR) is 84.0 cm³/mol. The summed E-state index contributed by atoms with van der Waals surface area (Å²) in [6, 6.07) is 0. The van der Waals surface area contributed by atoms with Gasteiger partial charge in [-0.2, -0.15) is 0 Å². The Hall–Kier alpha value is 1.91. The topological polar surface area (TPSA) is 24.8 Å². The quantitative estimate of drug-likeness (QED) is 0.179. The molecule has 0 aromatic rings. The van der Waals surface area contributed by atoms with E-state index in [0.29, 0.717) is 0 Å². The Balaban J connectivity index is 4.02. The van der Waals surface area contributed by atoms with E-state index < -0.39 is 21.6 Å². The van der Waals surface area contributed by atoms with Gasteiger partial charge in [-0.05, 0) is 30.2 Å². The number of rotatable bonds is 8. The first-order chi connectivity index (χ1) is 7.99. The number of unbranched alkanes of at least 4 members (excludes halogenated alkanes) is 2. The minimum atomic E-state index is -1.55. The predicted octanol–water partition coefficient (Wildman–Crippen LogP) is 8.07. The van der Waals surface area contributed by atoms with Crippen molar-refractivity contribution in [3.8, 4) is 0 Å². The summed E-state index contributed by atoms with van der Waals surface area (Å²) in [5.41, 5.74) is 0. The lowest BCUT2D eigenvalue weighted by molar-refractivity contribution is 0.542. The molecule has 0 fully saturated rings. The van der Waals surface area contributed by atoms with Crippen molar-refractivity contribution in [3.63, 3.8) is 0 Å². The van der Waals surface area contributed by atoms with Crippen LogP contribution in [0.25, 0.3) is 0 Å². The summed E-state index contributed by atoms with van der Waals surface area (Å²) in [4.78, 5) is 0. The Morgan fingerprint density at radius 2 is 2.06 bits per heavy atom. The fourth-order valence-corrected chi connectivity index (χ4v) is 6.74. The van der Waals surface area contributed by atoms with Gasteiger partial charge in [0.15, 0.2) is 0 Å². The fourth-order valence-electron chi connectivity index (χ4n) is 0.651. The normalized spacial score (nSPS) is 14.9. The van der Waals surface area contributed by atoms with E-state index in [1.54, 1.807) is 0 Å². The summed E-state index contributed by atoms with van der Waals surface area (Å²) in [5, 5.41) is 0. The zero-order chi connectivity index (χ0) is 13.3. The van der Waals surface area contributed by atoms with Gasteiger partial charge in [-0.25, -0.2) is 0 Å². The van der Waals surface area contributed by atoms with Gasteiger partial charge in [0.1, 0.15) is 0 Å². The molecule has 0 aliphatic rings. The maximum Gasteiger partial charge on any atom is 0.449 e. The molecule has 0 radical (unpaired) electrons. The second kappa shape index (κ2) is 11.7. The second-order valence-electron chi connectivity index (χ2n) is 2.63. The van der Waals surface area contributed by atoms with Crippen molar-refractivity contribution in [1.29, 1.82) is 0 Å². The van der Waals surface area contributed by atoms with E-state index in [0.717, 1.165) is 23.2 Å². The molecule has 2 atom stereocenters. The van der Waals surface area contributed by atoms with Crippen LogP contribution in [0.15, 0.2) is 16.9 Å². The van der Waals surface area contributed by atoms with Gasteiger partial charge in [0, 0.05) is 20.3 Å². The van der Waals surface area contributed by atoms with E-state index in [9.17, 15) is 0 Å². The van der Waals surface area contributed by atoms with E-state index in [4.69, 9.17) is 61.3 Å². The van der Waals surface area contributed by atoms with Crippen LogP contribution in [0.2, 0.25) is 0 Å². The van der Waals surface area contributed by atoms with Crippen LogP contribution in [0.5, 0.6) is 0 Å². The van der Waals surface area contributed by atoms with E-state index in [2.05, 4.69) is 11.4 Å². The first kappa shape index (κ1) is 18.9. The van der Waals surface area contributed by atoms with E-state index >= 15 is 0 Å². The highest BCUT2D eigenvalue weighted by Crippen LogP contribution is 2.65. The van der Waals surface area contributed by atoms with Crippen LogP contribution in [-0.4, -0.2) is 3.96 Å². The first-order valence-corrected chi connectivity index (χ1v) is 12.2. The minimum absolute atomic E-state index is 0.947. The first-order valence-electron chi connectivity index (χ1n) is 4.51. The summed E-state index contributed by atoms with van der Waals surface area (Å²) >= 11 is 28.5. The Labute approximate surface area is 129 Å². The Bertz CT molecular complexity index is 268.